The zero-order chi connectivity index (χ0) is 27.0. The molecule has 2 heterocycles. The van der Waals surface area contributed by atoms with Crippen molar-refractivity contribution in [2.45, 2.75) is 43.5 Å². The number of hydrogen-bond donors (Lipinski definition) is 4. The van der Waals surface area contributed by atoms with Crippen LogP contribution in [-0.2, 0) is 17.8 Å². The van der Waals surface area contributed by atoms with E-state index in [1.807, 2.05) is 0 Å². The predicted molar refractivity (Wildman–Crippen MR) is 134 cm³/mol. The Kier molecular flexibility index (Phi) is 7.67. The van der Waals surface area contributed by atoms with Crippen molar-refractivity contribution in [2.75, 3.05) is 6.61 Å². The second kappa shape index (κ2) is 11.0. The fourth-order valence-corrected chi connectivity index (χ4v) is 4.76. The van der Waals surface area contributed by atoms with Crippen LogP contribution >= 0.6 is 11.6 Å². The zero-order valence-electron chi connectivity index (χ0n) is 19.9. The van der Waals surface area contributed by atoms with Gasteiger partial charge in [-0.05, 0) is 59.5 Å². The fraction of sp³-hybridized carbons (Fsp3) is 0.286. The van der Waals surface area contributed by atoms with Gasteiger partial charge in [-0.2, -0.15) is 0 Å². The van der Waals surface area contributed by atoms with Crippen LogP contribution in [-0.4, -0.2) is 51.4 Å². The van der Waals surface area contributed by atoms with Gasteiger partial charge < -0.3 is 34.3 Å². The molecular formula is C28H25ClF2O7. The zero-order valence-corrected chi connectivity index (χ0v) is 20.7. The highest BCUT2D eigenvalue weighted by atomic mass is 35.5. The molecule has 0 bridgehead atoms. The molecule has 38 heavy (non-hydrogen) atoms. The van der Waals surface area contributed by atoms with Crippen molar-refractivity contribution in [1.29, 1.82) is 0 Å². The molecule has 1 aliphatic heterocycles. The van der Waals surface area contributed by atoms with E-state index in [-0.39, 0.29) is 18.8 Å². The minimum atomic E-state index is -1.51. The Morgan fingerprint density at radius 1 is 0.895 bits per heavy atom. The summed E-state index contributed by atoms with van der Waals surface area (Å²) >= 11 is 6.37. The third kappa shape index (κ3) is 5.26. The number of fused-ring (bicyclic) bond motifs is 1. The molecule has 0 saturated carbocycles. The first-order valence-corrected chi connectivity index (χ1v) is 12.3. The molecule has 1 saturated heterocycles. The summed E-state index contributed by atoms with van der Waals surface area (Å²) in [5.41, 5.74) is 2.05. The van der Waals surface area contributed by atoms with Crippen LogP contribution in [0.3, 0.4) is 0 Å². The SMILES string of the molecule is OC[C@H]1O[C@@H](c2ccc(Cl)c(Cc3ccc(OCc4cc5c(F)cccc5o4)c(F)c3)c2)[C@H](O)[C@@H](O)[C@@H]1O. The van der Waals surface area contributed by atoms with Crippen LogP contribution in [0.2, 0.25) is 5.02 Å². The van der Waals surface area contributed by atoms with Crippen molar-refractivity contribution in [3.63, 3.8) is 0 Å². The molecule has 0 spiro atoms. The monoisotopic (exact) mass is 546 g/mol. The summed E-state index contributed by atoms with van der Waals surface area (Å²) in [4.78, 5) is 0. The molecule has 1 aliphatic rings. The summed E-state index contributed by atoms with van der Waals surface area (Å²) in [6.07, 6.45) is -6.22. The van der Waals surface area contributed by atoms with Gasteiger partial charge >= 0.3 is 0 Å². The highest BCUT2D eigenvalue weighted by Gasteiger charge is 2.44. The Morgan fingerprint density at radius 3 is 2.45 bits per heavy atom. The molecule has 5 atom stereocenters. The van der Waals surface area contributed by atoms with Crippen LogP contribution < -0.4 is 4.74 Å². The summed E-state index contributed by atoms with van der Waals surface area (Å²) in [6.45, 7) is -0.625. The number of aliphatic hydroxyl groups is 4. The van der Waals surface area contributed by atoms with Crippen LogP contribution in [0.5, 0.6) is 5.75 Å². The third-order valence-electron chi connectivity index (χ3n) is 6.61. The number of benzene rings is 3. The van der Waals surface area contributed by atoms with Crippen LogP contribution in [0, 0.1) is 11.6 Å². The summed E-state index contributed by atoms with van der Waals surface area (Å²) in [7, 11) is 0. The highest BCUT2D eigenvalue weighted by molar-refractivity contribution is 6.31. The van der Waals surface area contributed by atoms with Crippen molar-refractivity contribution in [3.8, 4) is 5.75 Å². The van der Waals surface area contributed by atoms with Crippen molar-refractivity contribution in [2.24, 2.45) is 0 Å². The van der Waals surface area contributed by atoms with Gasteiger partial charge in [0.1, 0.15) is 54.3 Å². The topological polar surface area (TPSA) is 113 Å². The standard InChI is InChI=1S/C28H25ClF2O7/c29-19-6-5-15(28-27(35)26(34)25(33)24(12-32)38-28)10-16(19)8-14-4-7-23(21(31)9-14)36-13-17-11-18-20(30)2-1-3-22(18)37-17/h1-7,9-11,24-28,32-35H,8,12-13H2/t24-,25-,26+,27-,28+/m1/s1. The molecule has 0 amide bonds. The molecule has 0 radical (unpaired) electrons. The molecule has 0 aliphatic carbocycles. The van der Waals surface area contributed by atoms with Crippen molar-refractivity contribution >= 4 is 22.6 Å². The van der Waals surface area contributed by atoms with Crippen LogP contribution in [0.1, 0.15) is 28.6 Å². The Hall–Kier alpha value is -3.05. The Bertz CT molecular complexity index is 1440. The van der Waals surface area contributed by atoms with Gasteiger partial charge in [0.2, 0.25) is 0 Å². The molecule has 0 unspecified atom stereocenters. The van der Waals surface area contributed by atoms with Crippen LogP contribution in [0.25, 0.3) is 11.0 Å². The summed E-state index contributed by atoms with van der Waals surface area (Å²) in [6, 6.07) is 15.3. The first kappa shape index (κ1) is 26.6. The van der Waals surface area contributed by atoms with Crippen molar-refractivity contribution in [3.05, 3.63) is 99.8 Å². The lowest BCUT2D eigenvalue weighted by atomic mass is 9.90. The molecule has 1 aromatic heterocycles. The van der Waals surface area contributed by atoms with Gasteiger partial charge in [0.25, 0.3) is 0 Å². The van der Waals surface area contributed by atoms with E-state index in [0.717, 1.165) is 0 Å². The summed E-state index contributed by atoms with van der Waals surface area (Å²) in [5.74, 6) is -0.672. The predicted octanol–water partition coefficient (Wildman–Crippen LogP) is 4.05. The average Bonchev–Trinajstić information content (AvgIpc) is 3.33. The lowest BCUT2D eigenvalue weighted by Crippen LogP contribution is -2.55. The van der Waals surface area contributed by atoms with Crippen LogP contribution in [0.15, 0.2) is 65.1 Å². The molecule has 3 aromatic carbocycles. The maximum atomic E-state index is 14.8. The minimum absolute atomic E-state index is 0.00385. The van der Waals surface area contributed by atoms with E-state index >= 15 is 0 Å². The molecule has 7 nitrogen and oxygen atoms in total. The van der Waals surface area contributed by atoms with Gasteiger partial charge in [-0.15, -0.1) is 0 Å². The number of aliphatic hydroxyl groups excluding tert-OH is 4. The third-order valence-corrected chi connectivity index (χ3v) is 6.98. The molecule has 10 heteroatoms. The maximum Gasteiger partial charge on any atom is 0.165 e. The molecular weight excluding hydrogens is 522 g/mol. The van der Waals surface area contributed by atoms with Gasteiger partial charge in [-0.1, -0.05) is 35.9 Å². The van der Waals surface area contributed by atoms with Gasteiger partial charge in [-0.3, -0.25) is 0 Å². The average molecular weight is 547 g/mol. The number of halogens is 3. The molecule has 4 aromatic rings. The summed E-state index contributed by atoms with van der Waals surface area (Å²) in [5, 5.41) is 40.8. The van der Waals surface area contributed by atoms with E-state index in [1.165, 1.54) is 30.3 Å². The molecule has 200 valence electrons. The number of furan rings is 1. The molecule has 5 rings (SSSR count). The number of rotatable bonds is 7. The van der Waals surface area contributed by atoms with E-state index < -0.39 is 48.8 Å². The molecule has 4 N–H and O–H groups in total. The number of ether oxygens (including phenoxy) is 2. The second-order valence-corrected chi connectivity index (χ2v) is 9.60. The first-order chi connectivity index (χ1) is 18.2. The van der Waals surface area contributed by atoms with Crippen molar-refractivity contribution < 1.29 is 43.1 Å². The second-order valence-electron chi connectivity index (χ2n) is 9.19. The van der Waals surface area contributed by atoms with Gasteiger partial charge in [0, 0.05) is 5.02 Å². The lowest BCUT2D eigenvalue weighted by Gasteiger charge is -2.40. The Morgan fingerprint density at radius 2 is 1.71 bits per heavy atom. The largest absolute Gasteiger partial charge is 0.483 e. The normalized spacial score (nSPS) is 23.6. The first-order valence-electron chi connectivity index (χ1n) is 11.9. The quantitative estimate of drug-likeness (QED) is 0.277. The van der Waals surface area contributed by atoms with E-state index in [4.69, 9.17) is 25.5 Å². The van der Waals surface area contributed by atoms with Crippen LogP contribution in [0.4, 0.5) is 8.78 Å². The Labute approximate surface area is 221 Å². The van der Waals surface area contributed by atoms with Gasteiger partial charge in [-0.25, -0.2) is 8.78 Å². The van der Waals surface area contributed by atoms with E-state index in [0.29, 0.717) is 38.4 Å². The van der Waals surface area contributed by atoms with E-state index in [9.17, 15) is 29.2 Å². The fourth-order valence-electron chi connectivity index (χ4n) is 4.57. The number of hydrogen-bond acceptors (Lipinski definition) is 7. The maximum absolute atomic E-state index is 14.8. The minimum Gasteiger partial charge on any atom is -0.483 e. The molecule has 1 fully saturated rings. The smallest absolute Gasteiger partial charge is 0.165 e. The van der Waals surface area contributed by atoms with E-state index in [1.54, 1.807) is 30.3 Å². The highest BCUT2D eigenvalue weighted by Crippen LogP contribution is 2.35. The van der Waals surface area contributed by atoms with E-state index in [2.05, 4.69) is 0 Å². The van der Waals surface area contributed by atoms with Gasteiger partial charge in [0.15, 0.2) is 11.6 Å². The van der Waals surface area contributed by atoms with Crippen molar-refractivity contribution in [1.82, 2.24) is 0 Å². The summed E-state index contributed by atoms with van der Waals surface area (Å²) < 4.78 is 45.4. The van der Waals surface area contributed by atoms with Gasteiger partial charge in [0.05, 0.1) is 12.0 Å². The lowest BCUT2D eigenvalue weighted by molar-refractivity contribution is -0.231. The Balaban J connectivity index is 1.30.